The second kappa shape index (κ2) is 8.87. The van der Waals surface area contributed by atoms with Gasteiger partial charge in [-0.2, -0.15) is 15.6 Å². The normalized spacial score (nSPS) is 13.3. The lowest BCUT2D eigenvalue weighted by atomic mass is 10.1. The molecule has 1 unspecified atom stereocenters. The zero-order valence-corrected chi connectivity index (χ0v) is 18.6. The van der Waals surface area contributed by atoms with Gasteiger partial charge >= 0.3 is 0 Å². The summed E-state index contributed by atoms with van der Waals surface area (Å²) in [7, 11) is -1.33. The molecule has 166 valence electrons. The number of nitrogens with zero attached hydrogens (tertiary/aromatic N) is 5. The summed E-state index contributed by atoms with van der Waals surface area (Å²) in [5.74, 6) is 1.07. The summed E-state index contributed by atoms with van der Waals surface area (Å²) >= 11 is 0. The maximum atomic E-state index is 14.0. The van der Waals surface area contributed by atoms with Crippen LogP contribution in [0.15, 0.2) is 45.5 Å². The lowest BCUT2D eigenvalue weighted by molar-refractivity contribution is 0.176. The highest BCUT2D eigenvalue weighted by atomic mass is 32.2. The van der Waals surface area contributed by atoms with Gasteiger partial charge in [0, 0.05) is 17.1 Å². The van der Waals surface area contributed by atoms with Gasteiger partial charge in [-0.25, -0.2) is 14.4 Å². The van der Waals surface area contributed by atoms with Gasteiger partial charge in [-0.3, -0.25) is 0 Å². The first-order valence-corrected chi connectivity index (χ1v) is 11.2. The maximum Gasteiger partial charge on any atom is 0.267 e. The number of nitrogens with one attached hydrogen (secondary N) is 1. The van der Waals surface area contributed by atoms with Crippen molar-refractivity contribution >= 4 is 38.7 Å². The van der Waals surface area contributed by atoms with Crippen molar-refractivity contribution in [1.82, 2.24) is 20.1 Å². The van der Waals surface area contributed by atoms with Gasteiger partial charge in [-0.15, -0.1) is 6.26 Å². The van der Waals surface area contributed by atoms with Gasteiger partial charge in [0.2, 0.25) is 0 Å². The Bertz CT molecular complexity index is 1380. The van der Waals surface area contributed by atoms with Crippen molar-refractivity contribution < 1.29 is 17.9 Å². The van der Waals surface area contributed by atoms with Crippen LogP contribution in [0, 0.1) is 19.7 Å². The molecule has 0 amide bonds. The molecule has 0 saturated carbocycles. The first-order chi connectivity index (χ1) is 15.3. The Kier molecular flexibility index (Phi) is 5.99. The first kappa shape index (κ1) is 21.6. The number of hydrogen-bond donors (Lipinski definition) is 1. The molecule has 0 radical (unpaired) electrons. The Morgan fingerprint density at radius 2 is 2.03 bits per heavy atom. The van der Waals surface area contributed by atoms with E-state index in [1.807, 2.05) is 6.92 Å². The smallest absolute Gasteiger partial charge is 0.267 e. The molecule has 32 heavy (non-hydrogen) atoms. The summed E-state index contributed by atoms with van der Waals surface area (Å²) < 4.78 is 40.6. The molecule has 2 aromatic carbocycles. The summed E-state index contributed by atoms with van der Waals surface area (Å²) in [5.41, 5.74) is 2.53. The molecule has 0 fully saturated rings. The average Bonchev–Trinajstić information content (AvgIpc) is 3.16. The summed E-state index contributed by atoms with van der Waals surface area (Å²) in [6.45, 7) is 5.32. The van der Waals surface area contributed by atoms with Gasteiger partial charge in [-0.1, -0.05) is 5.16 Å². The van der Waals surface area contributed by atoms with E-state index in [9.17, 15) is 8.60 Å². The van der Waals surface area contributed by atoms with E-state index in [1.54, 1.807) is 32.0 Å². The minimum atomic E-state index is -1.33. The largest absolute Gasteiger partial charge is 0.479 e. The van der Waals surface area contributed by atoms with E-state index in [0.29, 0.717) is 28.5 Å². The molecule has 2 heterocycles. The first-order valence-electron chi connectivity index (χ1n) is 9.64. The third kappa shape index (κ3) is 4.67. The van der Waals surface area contributed by atoms with Crippen LogP contribution in [0.25, 0.3) is 10.9 Å². The maximum absolute atomic E-state index is 14.0. The second-order valence-corrected chi connectivity index (χ2v) is 8.13. The minimum absolute atomic E-state index is 0.255. The fourth-order valence-electron chi connectivity index (χ4n) is 3.21. The quantitative estimate of drug-likeness (QED) is 0.401. The molecule has 0 aliphatic heterocycles. The van der Waals surface area contributed by atoms with Crippen molar-refractivity contribution in [3.63, 3.8) is 0 Å². The molecule has 0 spiro atoms. The molecule has 4 aromatic rings. The summed E-state index contributed by atoms with van der Waals surface area (Å²) in [4.78, 5) is 12.8. The van der Waals surface area contributed by atoms with Crippen LogP contribution in [-0.4, -0.2) is 26.4 Å². The Morgan fingerprint density at radius 3 is 2.75 bits per heavy atom. The van der Waals surface area contributed by atoms with E-state index in [0.717, 1.165) is 10.9 Å². The number of anilines is 2. The highest BCUT2D eigenvalue weighted by Crippen LogP contribution is 2.35. The molecule has 0 bridgehead atoms. The number of aromatic nitrogens is 4. The number of halogens is 1. The van der Waals surface area contributed by atoms with Crippen molar-refractivity contribution in [2.45, 2.75) is 26.9 Å². The molecular weight excluding hydrogens is 435 g/mol. The SMILES string of the molecule is Cc1noc(C(C)Oc2cc(F)ccc2Nc2ncnc3cc(N=[S-](C)=O)cc(C)c23)n1. The van der Waals surface area contributed by atoms with Crippen LogP contribution in [0.3, 0.4) is 0 Å². The van der Waals surface area contributed by atoms with Crippen molar-refractivity contribution in [2.24, 2.45) is 4.36 Å². The van der Waals surface area contributed by atoms with E-state index < -0.39 is 22.5 Å². The van der Waals surface area contributed by atoms with Crippen LogP contribution in [0.4, 0.5) is 21.6 Å². The number of aryl methyl sites for hydroxylation is 2. The molecule has 4 rings (SSSR count). The highest BCUT2D eigenvalue weighted by Gasteiger charge is 2.18. The Labute approximate surface area is 185 Å². The number of ether oxygens (including phenoxy) is 1. The van der Waals surface area contributed by atoms with Gasteiger partial charge in [-0.05, 0) is 50.6 Å². The van der Waals surface area contributed by atoms with E-state index in [1.165, 1.54) is 24.7 Å². The zero-order valence-electron chi connectivity index (χ0n) is 17.8. The number of hydrogen-bond acceptors (Lipinski definition) is 10. The van der Waals surface area contributed by atoms with Gasteiger partial charge in [0.15, 0.2) is 11.9 Å². The molecule has 11 heteroatoms. The molecule has 1 atom stereocenters. The van der Waals surface area contributed by atoms with Crippen molar-refractivity contribution in [3.05, 3.63) is 59.8 Å². The Morgan fingerprint density at radius 1 is 1.22 bits per heavy atom. The summed E-state index contributed by atoms with van der Waals surface area (Å²) in [6, 6.07) is 7.69. The molecule has 0 saturated heterocycles. The lowest BCUT2D eigenvalue weighted by Crippen LogP contribution is -2.06. The second-order valence-electron chi connectivity index (χ2n) is 7.10. The van der Waals surface area contributed by atoms with Gasteiger partial charge in [0.25, 0.3) is 5.89 Å². The van der Waals surface area contributed by atoms with E-state index in [4.69, 9.17) is 9.26 Å². The third-order valence-corrected chi connectivity index (χ3v) is 5.01. The lowest BCUT2D eigenvalue weighted by Gasteiger charge is -2.17. The third-order valence-electron chi connectivity index (χ3n) is 4.55. The number of benzene rings is 2. The topological polar surface area (TPSA) is 115 Å². The van der Waals surface area contributed by atoms with Crippen LogP contribution < -0.4 is 10.1 Å². The van der Waals surface area contributed by atoms with Crippen molar-refractivity contribution in [3.8, 4) is 5.75 Å². The van der Waals surface area contributed by atoms with Crippen molar-refractivity contribution in [1.29, 1.82) is 0 Å². The molecule has 2 aromatic heterocycles. The minimum Gasteiger partial charge on any atom is -0.479 e. The molecular formula is C21H20FN6O3S-. The highest BCUT2D eigenvalue weighted by molar-refractivity contribution is 7.74. The molecule has 0 aliphatic carbocycles. The average molecular weight is 455 g/mol. The zero-order chi connectivity index (χ0) is 22.8. The van der Waals surface area contributed by atoms with E-state index in [-0.39, 0.29) is 11.6 Å². The molecule has 1 N–H and O–H groups in total. The monoisotopic (exact) mass is 455 g/mol. The van der Waals surface area contributed by atoms with Crippen molar-refractivity contribution in [2.75, 3.05) is 11.6 Å². The van der Waals surface area contributed by atoms with Gasteiger partial charge in [0.1, 0.15) is 23.7 Å². The number of rotatable bonds is 6. The van der Waals surface area contributed by atoms with Gasteiger partial charge < -0.3 is 23.1 Å². The fourth-order valence-corrected chi connectivity index (χ4v) is 3.61. The predicted molar refractivity (Wildman–Crippen MR) is 118 cm³/mol. The van der Waals surface area contributed by atoms with E-state index >= 15 is 0 Å². The van der Waals surface area contributed by atoms with Crippen LogP contribution >= 0.6 is 0 Å². The predicted octanol–water partition coefficient (Wildman–Crippen LogP) is 5.06. The van der Waals surface area contributed by atoms with Crippen LogP contribution in [0.5, 0.6) is 5.75 Å². The summed E-state index contributed by atoms with van der Waals surface area (Å²) in [5, 5.41) is 7.72. The van der Waals surface area contributed by atoms with Crippen LogP contribution in [-0.2, 0) is 14.8 Å². The summed E-state index contributed by atoms with van der Waals surface area (Å²) in [6.07, 6.45) is 2.31. The standard InChI is InChI=1S/C21H20FN6O3S/c1-11-7-15(28-32(4)29)9-17-19(11)20(24-10-23-17)26-16-6-5-14(22)8-18(16)30-12(2)21-25-13(3)27-31-21/h5-10,12H,1-4H3,(H,23,24,26)/q-1. The van der Waals surface area contributed by atoms with Crippen LogP contribution in [0.1, 0.15) is 30.3 Å². The van der Waals surface area contributed by atoms with Gasteiger partial charge in [0.05, 0.1) is 11.2 Å². The molecule has 9 nitrogen and oxygen atoms in total. The Hall–Kier alpha value is -3.60. The molecule has 0 aliphatic rings. The van der Waals surface area contributed by atoms with E-state index in [2.05, 4.69) is 29.8 Å². The van der Waals surface area contributed by atoms with Crippen LogP contribution in [0.2, 0.25) is 0 Å². The Balaban J connectivity index is 1.71. The number of fused-ring (bicyclic) bond motifs is 1. The fraction of sp³-hybridized carbons (Fsp3) is 0.238.